The van der Waals surface area contributed by atoms with Crippen molar-refractivity contribution in [3.05, 3.63) is 65.0 Å². The lowest BCUT2D eigenvalue weighted by Crippen LogP contribution is -2.42. The predicted octanol–water partition coefficient (Wildman–Crippen LogP) is 5.43. The van der Waals surface area contributed by atoms with Crippen LogP contribution < -0.4 is 5.32 Å². The van der Waals surface area contributed by atoms with E-state index in [0.29, 0.717) is 5.69 Å². The van der Waals surface area contributed by atoms with Crippen LogP contribution in [0.4, 0.5) is 0 Å². The van der Waals surface area contributed by atoms with E-state index in [1.807, 2.05) is 12.1 Å². The van der Waals surface area contributed by atoms with Crippen molar-refractivity contribution in [1.29, 1.82) is 0 Å². The smallest absolute Gasteiger partial charge is 0.270 e. The zero-order valence-corrected chi connectivity index (χ0v) is 16.6. The summed E-state index contributed by atoms with van der Waals surface area (Å²) in [6.45, 7) is 8.64. The van der Waals surface area contributed by atoms with Gasteiger partial charge in [0.1, 0.15) is 5.69 Å². The maximum atomic E-state index is 12.7. The average molecular weight is 353 g/mol. The van der Waals surface area contributed by atoms with Crippen LogP contribution >= 0.6 is 0 Å². The largest absolute Gasteiger partial charge is 0.342 e. The molecule has 1 aromatic heterocycles. The lowest BCUT2D eigenvalue weighted by molar-refractivity contribution is 0.0906. The fraction of sp³-hybridized carbons (Fsp3) is 0.478. The van der Waals surface area contributed by atoms with E-state index in [2.05, 4.69) is 56.2 Å². The Morgan fingerprint density at radius 2 is 1.58 bits per heavy atom. The van der Waals surface area contributed by atoms with Crippen molar-refractivity contribution >= 4 is 5.91 Å². The summed E-state index contributed by atoms with van der Waals surface area (Å²) in [5.74, 6) is -0.123. The van der Waals surface area contributed by atoms with Crippen LogP contribution in [0.15, 0.2) is 42.6 Å². The summed E-state index contributed by atoms with van der Waals surface area (Å²) in [7, 11) is 0. The van der Waals surface area contributed by atoms with E-state index in [1.165, 1.54) is 29.5 Å². The van der Waals surface area contributed by atoms with Crippen molar-refractivity contribution in [2.45, 2.75) is 71.8 Å². The van der Waals surface area contributed by atoms with Crippen LogP contribution in [-0.2, 0) is 18.4 Å². The van der Waals surface area contributed by atoms with E-state index in [9.17, 15) is 4.79 Å². The Labute approximate surface area is 158 Å². The Morgan fingerprint density at radius 1 is 0.962 bits per heavy atom. The molecule has 2 rings (SSSR count). The zero-order chi connectivity index (χ0) is 19.0. The maximum Gasteiger partial charge on any atom is 0.270 e. The SMILES string of the molecule is CCCCc1cccc(CCCC)c1C(C)(C)NC(=O)c1ccccn1. The Bertz CT molecular complexity index is 681. The number of carbonyl (C=O) groups is 1. The van der Waals surface area contributed by atoms with E-state index >= 15 is 0 Å². The van der Waals surface area contributed by atoms with Crippen LogP contribution in [0, 0.1) is 0 Å². The van der Waals surface area contributed by atoms with Gasteiger partial charge in [0.2, 0.25) is 0 Å². The summed E-state index contributed by atoms with van der Waals surface area (Å²) in [4.78, 5) is 16.9. The normalized spacial score (nSPS) is 11.4. The van der Waals surface area contributed by atoms with Gasteiger partial charge in [0, 0.05) is 6.20 Å². The van der Waals surface area contributed by atoms with Crippen molar-refractivity contribution in [3.8, 4) is 0 Å². The second kappa shape index (κ2) is 9.51. The number of unbranched alkanes of at least 4 members (excludes halogenated alkanes) is 2. The number of amides is 1. The van der Waals surface area contributed by atoms with Crippen LogP contribution in [0.1, 0.15) is 80.6 Å². The second-order valence-corrected chi connectivity index (χ2v) is 7.45. The number of nitrogens with one attached hydrogen (secondary N) is 1. The Balaban J connectivity index is 2.36. The minimum Gasteiger partial charge on any atom is -0.342 e. The molecule has 0 atom stereocenters. The molecule has 0 fully saturated rings. The number of hydrogen-bond acceptors (Lipinski definition) is 2. The quantitative estimate of drug-likeness (QED) is 0.653. The summed E-state index contributed by atoms with van der Waals surface area (Å²) >= 11 is 0. The Hall–Kier alpha value is -2.16. The molecular formula is C23H32N2O. The molecule has 0 bridgehead atoms. The van der Waals surface area contributed by atoms with Gasteiger partial charge in [-0.2, -0.15) is 0 Å². The van der Waals surface area contributed by atoms with Crippen LogP contribution in [0.3, 0.4) is 0 Å². The molecule has 1 aromatic carbocycles. The van der Waals surface area contributed by atoms with Gasteiger partial charge in [-0.25, -0.2) is 0 Å². The molecule has 3 heteroatoms. The van der Waals surface area contributed by atoms with E-state index < -0.39 is 5.54 Å². The first kappa shape index (κ1) is 20.2. The molecule has 26 heavy (non-hydrogen) atoms. The number of benzene rings is 1. The first-order valence-corrected chi connectivity index (χ1v) is 9.84. The molecule has 3 nitrogen and oxygen atoms in total. The molecule has 1 amide bonds. The topological polar surface area (TPSA) is 42.0 Å². The molecular weight excluding hydrogens is 320 g/mol. The van der Waals surface area contributed by atoms with Gasteiger partial charge in [-0.05, 0) is 68.4 Å². The average Bonchev–Trinajstić information content (AvgIpc) is 2.64. The third kappa shape index (κ3) is 5.17. The van der Waals surface area contributed by atoms with Crippen LogP contribution in [0.5, 0.6) is 0 Å². The fourth-order valence-corrected chi connectivity index (χ4v) is 3.51. The van der Waals surface area contributed by atoms with E-state index in [1.54, 1.807) is 12.3 Å². The fourth-order valence-electron chi connectivity index (χ4n) is 3.51. The molecule has 0 saturated heterocycles. The molecule has 0 aliphatic heterocycles. The number of pyridine rings is 1. The molecule has 2 aromatic rings. The first-order chi connectivity index (χ1) is 12.5. The van der Waals surface area contributed by atoms with Crippen molar-refractivity contribution in [2.75, 3.05) is 0 Å². The molecule has 0 aliphatic rings. The van der Waals surface area contributed by atoms with Gasteiger partial charge in [0.15, 0.2) is 0 Å². The summed E-state index contributed by atoms with van der Waals surface area (Å²) < 4.78 is 0. The number of aryl methyl sites for hydroxylation is 2. The summed E-state index contributed by atoms with van der Waals surface area (Å²) in [6.07, 6.45) is 8.41. The van der Waals surface area contributed by atoms with Gasteiger partial charge in [-0.3, -0.25) is 9.78 Å². The first-order valence-electron chi connectivity index (χ1n) is 9.84. The number of rotatable bonds is 9. The minimum atomic E-state index is -0.442. The number of aromatic nitrogens is 1. The third-order valence-electron chi connectivity index (χ3n) is 4.78. The molecule has 140 valence electrons. The van der Waals surface area contributed by atoms with E-state index in [0.717, 1.165) is 25.7 Å². The molecule has 0 unspecified atom stereocenters. The van der Waals surface area contributed by atoms with Crippen molar-refractivity contribution in [2.24, 2.45) is 0 Å². The molecule has 0 radical (unpaired) electrons. The third-order valence-corrected chi connectivity index (χ3v) is 4.78. The molecule has 1 heterocycles. The second-order valence-electron chi connectivity index (χ2n) is 7.45. The van der Waals surface area contributed by atoms with Crippen LogP contribution in [0.2, 0.25) is 0 Å². The van der Waals surface area contributed by atoms with Gasteiger partial charge in [0.05, 0.1) is 5.54 Å². The molecule has 1 N–H and O–H groups in total. The maximum absolute atomic E-state index is 12.7. The number of nitrogens with zero attached hydrogens (tertiary/aromatic N) is 1. The Morgan fingerprint density at radius 3 is 2.08 bits per heavy atom. The molecule has 0 aliphatic carbocycles. The summed E-state index contributed by atoms with van der Waals surface area (Å²) in [5, 5.41) is 3.22. The van der Waals surface area contributed by atoms with Gasteiger partial charge in [-0.15, -0.1) is 0 Å². The van der Waals surface area contributed by atoms with E-state index in [-0.39, 0.29) is 5.91 Å². The Kier molecular flexibility index (Phi) is 7.38. The number of carbonyl (C=O) groups excluding carboxylic acids is 1. The highest BCUT2D eigenvalue weighted by atomic mass is 16.2. The highest BCUT2D eigenvalue weighted by Crippen LogP contribution is 2.30. The monoisotopic (exact) mass is 352 g/mol. The van der Waals surface area contributed by atoms with Crippen molar-refractivity contribution in [3.63, 3.8) is 0 Å². The van der Waals surface area contributed by atoms with Gasteiger partial charge < -0.3 is 5.32 Å². The lowest BCUT2D eigenvalue weighted by atomic mass is 9.82. The molecule has 0 spiro atoms. The van der Waals surface area contributed by atoms with Crippen LogP contribution in [-0.4, -0.2) is 10.9 Å². The van der Waals surface area contributed by atoms with Gasteiger partial charge in [-0.1, -0.05) is 51.0 Å². The van der Waals surface area contributed by atoms with Crippen molar-refractivity contribution in [1.82, 2.24) is 10.3 Å². The summed E-state index contributed by atoms with van der Waals surface area (Å²) in [6, 6.07) is 12.0. The number of hydrogen-bond donors (Lipinski definition) is 1. The van der Waals surface area contributed by atoms with Crippen LogP contribution in [0.25, 0.3) is 0 Å². The minimum absolute atomic E-state index is 0.123. The predicted molar refractivity (Wildman–Crippen MR) is 108 cm³/mol. The lowest BCUT2D eigenvalue weighted by Gasteiger charge is -2.32. The highest BCUT2D eigenvalue weighted by Gasteiger charge is 2.28. The zero-order valence-electron chi connectivity index (χ0n) is 16.6. The van der Waals surface area contributed by atoms with E-state index in [4.69, 9.17) is 0 Å². The molecule has 0 saturated carbocycles. The van der Waals surface area contributed by atoms with Gasteiger partial charge >= 0.3 is 0 Å². The summed E-state index contributed by atoms with van der Waals surface area (Å²) in [5.41, 5.74) is 4.01. The van der Waals surface area contributed by atoms with Gasteiger partial charge in [0.25, 0.3) is 5.91 Å². The van der Waals surface area contributed by atoms with Crippen molar-refractivity contribution < 1.29 is 4.79 Å². The highest BCUT2D eigenvalue weighted by molar-refractivity contribution is 5.92. The standard InChI is InChI=1S/C23H32N2O/c1-5-7-12-18-14-11-15-19(13-8-6-2)21(18)23(3,4)25-22(26)20-16-9-10-17-24-20/h9-11,14-17H,5-8,12-13H2,1-4H3,(H,25,26).